The van der Waals surface area contributed by atoms with Crippen LogP contribution in [-0.4, -0.2) is 39.3 Å². The minimum Gasteiger partial charge on any atom is -0.478 e. The molecule has 0 radical (unpaired) electrons. The number of carbonyl (C=O) groups excluding carboxylic acids is 1. The lowest BCUT2D eigenvalue weighted by Gasteiger charge is -2.60. The fourth-order valence-electron chi connectivity index (χ4n) is 8.73. The lowest BCUT2D eigenvalue weighted by Crippen LogP contribution is -2.54. The monoisotopic (exact) mass is 484 g/mol. The molecule has 194 valence electrons. The number of ketones is 1. The molecule has 0 aromatic heterocycles. The van der Waals surface area contributed by atoms with Crippen LogP contribution in [0.1, 0.15) is 87.0 Å². The van der Waals surface area contributed by atoms with E-state index in [1.165, 1.54) is 24.1 Å². The van der Waals surface area contributed by atoms with E-state index in [-0.39, 0.29) is 39.6 Å². The second-order valence-electron chi connectivity index (χ2n) is 13.2. The lowest BCUT2D eigenvalue weighted by atomic mass is 9.44. The molecule has 0 spiro atoms. The van der Waals surface area contributed by atoms with E-state index >= 15 is 0 Å². The molecule has 0 aromatic carbocycles. The summed E-state index contributed by atoms with van der Waals surface area (Å²) in [5, 5.41) is 31.3. The van der Waals surface area contributed by atoms with Crippen molar-refractivity contribution in [2.75, 3.05) is 0 Å². The van der Waals surface area contributed by atoms with Gasteiger partial charge in [0.2, 0.25) is 0 Å². The van der Waals surface area contributed by atoms with Gasteiger partial charge in [-0.3, -0.25) is 4.79 Å². The van der Waals surface area contributed by atoms with E-state index in [1.54, 1.807) is 0 Å². The van der Waals surface area contributed by atoms with Gasteiger partial charge < -0.3 is 15.3 Å². The van der Waals surface area contributed by atoms with Crippen molar-refractivity contribution in [2.24, 2.45) is 39.4 Å². The topological polar surface area (TPSA) is 94.8 Å². The normalized spacial score (nSPS) is 42.3. The van der Waals surface area contributed by atoms with E-state index in [4.69, 9.17) is 5.11 Å². The van der Waals surface area contributed by atoms with Crippen LogP contribution in [0.3, 0.4) is 0 Å². The van der Waals surface area contributed by atoms with E-state index in [1.807, 2.05) is 0 Å². The average molecular weight is 485 g/mol. The van der Waals surface area contributed by atoms with Gasteiger partial charge in [-0.25, -0.2) is 4.79 Å². The molecule has 4 rings (SSSR count). The summed E-state index contributed by atoms with van der Waals surface area (Å²) in [4.78, 5) is 24.0. The molecular weight excluding hydrogens is 440 g/mol. The van der Waals surface area contributed by atoms with Crippen molar-refractivity contribution in [1.82, 2.24) is 0 Å². The molecule has 0 bridgehead atoms. The molecule has 2 fully saturated rings. The van der Waals surface area contributed by atoms with Gasteiger partial charge in [0.15, 0.2) is 0 Å². The number of Topliss-reactive ketones (excluding diaryl/α,β-unsaturated/α-hetero) is 1. The molecule has 8 atom stereocenters. The smallest absolute Gasteiger partial charge is 0.331 e. The molecule has 0 amide bonds. The Morgan fingerprint density at radius 3 is 2.46 bits per heavy atom. The van der Waals surface area contributed by atoms with E-state index in [0.717, 1.165) is 19.3 Å². The number of rotatable bonds is 5. The molecule has 4 aliphatic rings. The third-order valence-corrected chi connectivity index (χ3v) is 11.2. The fourth-order valence-corrected chi connectivity index (χ4v) is 8.73. The summed E-state index contributed by atoms with van der Waals surface area (Å²) in [6, 6.07) is 0. The van der Waals surface area contributed by atoms with E-state index < -0.39 is 23.6 Å². The maximum atomic E-state index is 12.8. The van der Waals surface area contributed by atoms with Gasteiger partial charge in [-0.2, -0.15) is 0 Å². The zero-order chi connectivity index (χ0) is 26.1. The van der Waals surface area contributed by atoms with Gasteiger partial charge in [-0.05, 0) is 84.8 Å². The quantitative estimate of drug-likeness (QED) is 0.450. The molecule has 0 aromatic rings. The van der Waals surface area contributed by atoms with Gasteiger partial charge in [0, 0.05) is 22.8 Å². The molecule has 0 heterocycles. The van der Waals surface area contributed by atoms with Crippen LogP contribution in [-0.2, 0) is 9.59 Å². The van der Waals surface area contributed by atoms with Crippen LogP contribution in [0, 0.1) is 39.4 Å². The summed E-state index contributed by atoms with van der Waals surface area (Å²) in [6.45, 7) is 14.7. The predicted octanol–water partition coefficient (Wildman–Crippen LogP) is 5.47. The summed E-state index contributed by atoms with van der Waals surface area (Å²) in [5.74, 6) is -0.0554. The molecule has 5 heteroatoms. The Bertz CT molecular complexity index is 1020. The minimum absolute atomic E-state index is 0.0649. The second-order valence-corrected chi connectivity index (χ2v) is 13.2. The summed E-state index contributed by atoms with van der Waals surface area (Å²) in [6.07, 6.45) is 9.22. The second kappa shape index (κ2) is 8.41. The Labute approximate surface area is 210 Å². The van der Waals surface area contributed by atoms with Gasteiger partial charge in [0.25, 0.3) is 0 Å². The summed E-state index contributed by atoms with van der Waals surface area (Å²) in [7, 11) is 0. The third kappa shape index (κ3) is 3.63. The number of carbonyl (C=O) groups is 2. The van der Waals surface area contributed by atoms with E-state index in [0.29, 0.717) is 25.0 Å². The minimum atomic E-state index is -1.01. The number of carboxylic acids is 1. The Balaban J connectivity index is 1.68. The first kappa shape index (κ1) is 26.3. The Kier molecular flexibility index (Phi) is 6.33. The zero-order valence-electron chi connectivity index (χ0n) is 22.5. The summed E-state index contributed by atoms with van der Waals surface area (Å²) in [5.41, 5.74) is 1.80. The predicted molar refractivity (Wildman–Crippen MR) is 137 cm³/mol. The van der Waals surface area contributed by atoms with Crippen LogP contribution < -0.4 is 0 Å². The maximum absolute atomic E-state index is 12.8. The zero-order valence-corrected chi connectivity index (χ0v) is 22.5. The first-order chi connectivity index (χ1) is 16.1. The van der Waals surface area contributed by atoms with Crippen LogP contribution in [0.2, 0.25) is 0 Å². The highest BCUT2D eigenvalue weighted by atomic mass is 16.4. The third-order valence-electron chi connectivity index (χ3n) is 11.2. The number of aliphatic hydroxyl groups is 2. The number of allylic oxidation sites excluding steroid dienone is 3. The van der Waals surface area contributed by atoms with Crippen molar-refractivity contribution in [2.45, 2.75) is 99.2 Å². The summed E-state index contributed by atoms with van der Waals surface area (Å²) < 4.78 is 0. The molecule has 0 aliphatic heterocycles. The number of aliphatic carboxylic acids is 1. The van der Waals surface area contributed by atoms with Crippen LogP contribution in [0.4, 0.5) is 0 Å². The number of fused-ring (bicyclic) bond motifs is 5. The SMILES string of the molecule is CC(=CC(O)CC(C)C1CC(O)C2(C)C3=CCC4C(C)(C)C(=O)CCC4(C)C3=CCC12C)C(=O)O. The van der Waals surface area contributed by atoms with Crippen LogP contribution in [0.15, 0.2) is 34.9 Å². The van der Waals surface area contributed by atoms with Crippen LogP contribution in [0.5, 0.6) is 0 Å². The highest BCUT2D eigenvalue weighted by Gasteiger charge is 2.66. The average Bonchev–Trinajstić information content (AvgIpc) is 2.98. The Hall–Kier alpha value is -1.72. The molecule has 4 aliphatic carbocycles. The number of hydrogen-bond acceptors (Lipinski definition) is 4. The molecule has 5 nitrogen and oxygen atoms in total. The largest absolute Gasteiger partial charge is 0.478 e. The summed E-state index contributed by atoms with van der Waals surface area (Å²) >= 11 is 0. The van der Waals surface area contributed by atoms with E-state index in [9.17, 15) is 19.8 Å². The molecule has 3 N–H and O–H groups in total. The van der Waals surface area contributed by atoms with Crippen molar-refractivity contribution in [3.63, 3.8) is 0 Å². The molecule has 35 heavy (non-hydrogen) atoms. The molecule has 8 unspecified atom stereocenters. The highest BCUT2D eigenvalue weighted by molar-refractivity contribution is 5.86. The van der Waals surface area contributed by atoms with E-state index in [2.05, 4.69) is 53.7 Å². The van der Waals surface area contributed by atoms with Gasteiger partial charge in [0.1, 0.15) is 5.78 Å². The van der Waals surface area contributed by atoms with Crippen molar-refractivity contribution in [3.8, 4) is 0 Å². The first-order valence-corrected chi connectivity index (χ1v) is 13.3. The molecular formula is C30H44O5. The van der Waals surface area contributed by atoms with Crippen molar-refractivity contribution in [1.29, 1.82) is 0 Å². The van der Waals surface area contributed by atoms with Gasteiger partial charge in [-0.15, -0.1) is 0 Å². The maximum Gasteiger partial charge on any atom is 0.331 e. The number of carboxylic acid groups (broad SMARTS) is 1. The number of hydrogen-bond donors (Lipinski definition) is 3. The van der Waals surface area contributed by atoms with Crippen molar-refractivity contribution < 1.29 is 24.9 Å². The highest BCUT2D eigenvalue weighted by Crippen LogP contribution is 2.71. The van der Waals surface area contributed by atoms with Crippen molar-refractivity contribution in [3.05, 3.63) is 34.9 Å². The van der Waals surface area contributed by atoms with Gasteiger partial charge in [-0.1, -0.05) is 53.7 Å². The molecule has 0 saturated heterocycles. The van der Waals surface area contributed by atoms with Gasteiger partial charge in [0.05, 0.1) is 12.2 Å². The Morgan fingerprint density at radius 2 is 1.83 bits per heavy atom. The van der Waals surface area contributed by atoms with Crippen LogP contribution in [0.25, 0.3) is 0 Å². The first-order valence-electron chi connectivity index (χ1n) is 13.3. The molecule has 2 saturated carbocycles. The van der Waals surface area contributed by atoms with Crippen molar-refractivity contribution >= 4 is 11.8 Å². The standard InChI is InChI=1S/C30H44O5/c1-17(14-19(31)15-18(2)26(34)35)22-16-25(33)30(7)21-8-9-23-27(3,4)24(32)11-12-28(23,5)20(21)10-13-29(22,30)6/h8,10,15,17,19,22-23,25,31,33H,9,11-14,16H2,1-7H3,(H,34,35). The van der Waals surface area contributed by atoms with Crippen LogP contribution >= 0.6 is 0 Å². The Morgan fingerprint density at radius 1 is 1.17 bits per heavy atom. The lowest BCUT2D eigenvalue weighted by molar-refractivity contribution is -0.138. The number of aliphatic hydroxyl groups excluding tert-OH is 2. The van der Waals surface area contributed by atoms with Gasteiger partial charge >= 0.3 is 5.97 Å². The fraction of sp³-hybridized carbons (Fsp3) is 0.733.